The normalized spacial score (nSPS) is 25.1. The van der Waals surface area contributed by atoms with Crippen LogP contribution in [0.25, 0.3) is 0 Å². The first-order chi connectivity index (χ1) is 9.83. The molecule has 1 aromatic carbocycles. The molecule has 20 heavy (non-hydrogen) atoms. The van der Waals surface area contributed by atoms with Gasteiger partial charge >= 0.3 is 0 Å². The second kappa shape index (κ2) is 6.59. The number of benzene rings is 1. The van der Waals surface area contributed by atoms with Gasteiger partial charge in [-0.25, -0.2) is 0 Å². The highest BCUT2D eigenvalue weighted by molar-refractivity contribution is 9.09. The predicted molar refractivity (Wildman–Crippen MR) is 84.4 cm³/mol. The summed E-state index contributed by atoms with van der Waals surface area (Å²) in [4.78, 5) is 0. The summed E-state index contributed by atoms with van der Waals surface area (Å²) < 4.78 is 11.9. The minimum atomic E-state index is 0.268. The predicted octanol–water partition coefficient (Wildman–Crippen LogP) is 4.27. The van der Waals surface area contributed by atoms with Crippen molar-refractivity contribution < 1.29 is 9.47 Å². The zero-order chi connectivity index (χ0) is 13.8. The molecule has 0 radical (unpaired) electrons. The molecule has 3 heteroatoms. The molecule has 1 heterocycles. The second-order valence-corrected chi connectivity index (χ2v) is 6.70. The van der Waals surface area contributed by atoms with Crippen molar-refractivity contribution in [3.8, 4) is 0 Å². The lowest BCUT2D eigenvalue weighted by atomic mass is 9.83. The van der Waals surface area contributed by atoms with Crippen LogP contribution in [0.1, 0.15) is 42.9 Å². The van der Waals surface area contributed by atoms with Gasteiger partial charge in [-0.1, -0.05) is 40.2 Å². The van der Waals surface area contributed by atoms with Gasteiger partial charge < -0.3 is 9.47 Å². The lowest BCUT2D eigenvalue weighted by Crippen LogP contribution is -2.36. The number of hydrogen-bond donors (Lipinski definition) is 0. The third-order valence-corrected chi connectivity index (χ3v) is 5.93. The molecular formula is C17H23BrO2. The first-order valence-corrected chi connectivity index (χ1v) is 8.78. The number of hydrogen-bond acceptors (Lipinski definition) is 2. The van der Waals surface area contributed by atoms with Crippen LogP contribution in [-0.2, 0) is 15.9 Å². The monoisotopic (exact) mass is 338 g/mol. The van der Waals surface area contributed by atoms with E-state index < -0.39 is 0 Å². The zero-order valence-electron chi connectivity index (χ0n) is 11.9. The van der Waals surface area contributed by atoms with E-state index >= 15 is 0 Å². The van der Waals surface area contributed by atoms with Crippen molar-refractivity contribution in [1.82, 2.24) is 0 Å². The van der Waals surface area contributed by atoms with E-state index in [4.69, 9.17) is 9.47 Å². The number of ether oxygens (including phenoxy) is 2. The van der Waals surface area contributed by atoms with Crippen molar-refractivity contribution in [2.24, 2.45) is 5.41 Å². The molecule has 1 unspecified atom stereocenters. The summed E-state index contributed by atoms with van der Waals surface area (Å²) in [5.74, 6) is 0. The van der Waals surface area contributed by atoms with Crippen LogP contribution in [0.4, 0.5) is 0 Å². The average molecular weight is 339 g/mol. The quantitative estimate of drug-likeness (QED) is 0.763. The number of rotatable bonds is 4. The maximum atomic E-state index is 6.36. The van der Waals surface area contributed by atoms with Crippen molar-refractivity contribution in [1.29, 1.82) is 0 Å². The molecule has 3 rings (SSSR count). The summed E-state index contributed by atoms with van der Waals surface area (Å²) in [6.45, 7) is 2.59. The van der Waals surface area contributed by atoms with Crippen LogP contribution in [0.15, 0.2) is 24.3 Å². The molecular weight excluding hydrogens is 316 g/mol. The molecule has 0 amide bonds. The van der Waals surface area contributed by atoms with Gasteiger partial charge in [0.2, 0.25) is 0 Å². The summed E-state index contributed by atoms with van der Waals surface area (Å²) in [5, 5.41) is 1.01. The van der Waals surface area contributed by atoms with Gasteiger partial charge in [0.1, 0.15) is 0 Å². The van der Waals surface area contributed by atoms with Gasteiger partial charge in [0.15, 0.2) is 0 Å². The Morgan fingerprint density at radius 2 is 2.05 bits per heavy atom. The number of halogens is 1. The summed E-state index contributed by atoms with van der Waals surface area (Å²) >= 11 is 3.69. The number of alkyl halides is 1. The molecule has 0 saturated carbocycles. The molecule has 1 fully saturated rings. The van der Waals surface area contributed by atoms with E-state index in [0.717, 1.165) is 44.4 Å². The topological polar surface area (TPSA) is 18.5 Å². The van der Waals surface area contributed by atoms with Crippen molar-refractivity contribution >= 4 is 15.9 Å². The Labute approximate surface area is 130 Å². The minimum absolute atomic E-state index is 0.268. The molecule has 0 bridgehead atoms. The Morgan fingerprint density at radius 3 is 2.85 bits per heavy atom. The highest BCUT2D eigenvalue weighted by atomic mass is 79.9. The molecule has 1 aliphatic carbocycles. The summed E-state index contributed by atoms with van der Waals surface area (Å²) in [7, 11) is 0. The SMILES string of the molecule is BrCC1(COC2CCCc3ccccc32)CCOCC1. The minimum Gasteiger partial charge on any atom is -0.381 e. The fourth-order valence-electron chi connectivity index (χ4n) is 3.28. The van der Waals surface area contributed by atoms with Crippen LogP contribution in [0.2, 0.25) is 0 Å². The lowest BCUT2D eigenvalue weighted by molar-refractivity contribution is -0.0569. The van der Waals surface area contributed by atoms with Crippen molar-refractivity contribution in [2.45, 2.75) is 38.2 Å². The van der Waals surface area contributed by atoms with Crippen molar-refractivity contribution in [3.05, 3.63) is 35.4 Å². The van der Waals surface area contributed by atoms with Gasteiger partial charge in [-0.15, -0.1) is 0 Å². The summed E-state index contributed by atoms with van der Waals surface area (Å²) in [5.41, 5.74) is 3.16. The van der Waals surface area contributed by atoms with Gasteiger partial charge in [-0.3, -0.25) is 0 Å². The molecule has 1 atom stereocenters. The van der Waals surface area contributed by atoms with Gasteiger partial charge in [0, 0.05) is 24.0 Å². The molecule has 2 aliphatic rings. The first kappa shape index (κ1) is 14.6. The molecule has 1 aliphatic heterocycles. The Kier molecular flexibility index (Phi) is 4.79. The standard InChI is InChI=1S/C17H23BrO2/c18-12-17(8-10-19-11-9-17)13-20-16-7-3-5-14-4-1-2-6-15(14)16/h1-2,4,6,16H,3,5,7-13H2. The number of aryl methyl sites for hydroxylation is 1. The van der Waals surface area contributed by atoms with Crippen LogP contribution in [0.5, 0.6) is 0 Å². The largest absolute Gasteiger partial charge is 0.381 e. The highest BCUT2D eigenvalue weighted by Crippen LogP contribution is 2.37. The Hall–Kier alpha value is -0.380. The summed E-state index contributed by atoms with van der Waals surface area (Å²) in [6.07, 6.45) is 6.10. The fraction of sp³-hybridized carbons (Fsp3) is 0.647. The maximum Gasteiger partial charge on any atom is 0.0828 e. The molecule has 0 aromatic heterocycles. The smallest absolute Gasteiger partial charge is 0.0828 e. The van der Waals surface area contributed by atoms with Gasteiger partial charge in [-0.2, -0.15) is 0 Å². The van der Waals surface area contributed by atoms with Crippen LogP contribution in [0, 0.1) is 5.41 Å². The van der Waals surface area contributed by atoms with Gasteiger partial charge in [-0.05, 0) is 43.2 Å². The van der Waals surface area contributed by atoms with E-state index in [1.807, 2.05) is 0 Å². The fourth-order valence-corrected chi connectivity index (χ4v) is 4.00. The van der Waals surface area contributed by atoms with E-state index in [0.29, 0.717) is 6.10 Å². The van der Waals surface area contributed by atoms with E-state index in [1.165, 1.54) is 24.0 Å². The van der Waals surface area contributed by atoms with E-state index in [-0.39, 0.29) is 5.41 Å². The average Bonchev–Trinajstić information content (AvgIpc) is 2.54. The Morgan fingerprint density at radius 1 is 1.25 bits per heavy atom. The van der Waals surface area contributed by atoms with E-state index in [2.05, 4.69) is 40.2 Å². The van der Waals surface area contributed by atoms with E-state index in [1.54, 1.807) is 0 Å². The number of fused-ring (bicyclic) bond motifs is 1. The highest BCUT2D eigenvalue weighted by Gasteiger charge is 2.33. The van der Waals surface area contributed by atoms with Gasteiger partial charge in [0.05, 0.1) is 12.7 Å². The molecule has 0 spiro atoms. The third-order valence-electron chi connectivity index (χ3n) is 4.74. The van der Waals surface area contributed by atoms with Crippen LogP contribution >= 0.6 is 15.9 Å². The first-order valence-electron chi connectivity index (χ1n) is 7.66. The van der Waals surface area contributed by atoms with Crippen molar-refractivity contribution in [2.75, 3.05) is 25.2 Å². The van der Waals surface area contributed by atoms with E-state index in [9.17, 15) is 0 Å². The van der Waals surface area contributed by atoms with Crippen molar-refractivity contribution in [3.63, 3.8) is 0 Å². The Bertz CT molecular complexity index is 440. The molecule has 1 saturated heterocycles. The third kappa shape index (κ3) is 3.10. The molecule has 1 aromatic rings. The lowest BCUT2D eigenvalue weighted by Gasteiger charge is -2.37. The van der Waals surface area contributed by atoms with Crippen LogP contribution in [-0.4, -0.2) is 25.2 Å². The Balaban J connectivity index is 1.66. The molecule has 2 nitrogen and oxygen atoms in total. The van der Waals surface area contributed by atoms with Crippen LogP contribution in [0.3, 0.4) is 0 Å². The van der Waals surface area contributed by atoms with Crippen LogP contribution < -0.4 is 0 Å². The van der Waals surface area contributed by atoms with Gasteiger partial charge in [0.25, 0.3) is 0 Å². The summed E-state index contributed by atoms with van der Waals surface area (Å²) in [6, 6.07) is 8.76. The molecule has 110 valence electrons. The molecule has 0 N–H and O–H groups in total. The maximum absolute atomic E-state index is 6.36. The zero-order valence-corrected chi connectivity index (χ0v) is 13.5. The second-order valence-electron chi connectivity index (χ2n) is 6.14.